The van der Waals surface area contributed by atoms with Crippen molar-refractivity contribution < 1.29 is 29.3 Å². The van der Waals surface area contributed by atoms with Crippen LogP contribution in [0.2, 0.25) is 0 Å². The average molecular weight is 424 g/mol. The summed E-state index contributed by atoms with van der Waals surface area (Å²) in [5.41, 5.74) is 0.651. The Hall–Kier alpha value is -3.55. The first-order chi connectivity index (χ1) is 14.9. The number of amides is 1. The largest absolute Gasteiger partial charge is 0.505 e. The summed E-state index contributed by atoms with van der Waals surface area (Å²) in [6.45, 7) is -0.631. The highest BCUT2D eigenvalue weighted by molar-refractivity contribution is 6.27. The Labute approximate surface area is 179 Å². The van der Waals surface area contributed by atoms with Gasteiger partial charge in [0.2, 0.25) is 0 Å². The normalized spacial score (nSPS) is 17.4. The van der Waals surface area contributed by atoms with Crippen LogP contribution in [0.1, 0.15) is 37.8 Å². The SMILES string of the molecule is COc1ccc(-c2ccc3n2C2(CCCCC2)C(=O)C(C(=O)NCC(=O)O)=C3O)cc1. The number of Topliss-reactive ketones (excluding diaryl/α,β-unsaturated/α-hetero) is 1. The van der Waals surface area contributed by atoms with Gasteiger partial charge < -0.3 is 24.8 Å². The molecule has 162 valence electrons. The molecule has 1 fully saturated rings. The van der Waals surface area contributed by atoms with Crippen LogP contribution in [0.3, 0.4) is 0 Å². The highest BCUT2D eigenvalue weighted by Gasteiger charge is 2.50. The van der Waals surface area contributed by atoms with E-state index in [0.29, 0.717) is 24.3 Å². The fourth-order valence-electron chi connectivity index (χ4n) is 4.68. The fraction of sp³-hybridized carbons (Fsp3) is 0.348. The molecule has 2 heterocycles. The Kier molecular flexibility index (Phi) is 5.31. The van der Waals surface area contributed by atoms with E-state index in [4.69, 9.17) is 9.84 Å². The van der Waals surface area contributed by atoms with E-state index >= 15 is 0 Å². The second kappa shape index (κ2) is 7.94. The minimum Gasteiger partial charge on any atom is -0.505 e. The molecule has 8 nitrogen and oxygen atoms in total. The number of methoxy groups -OCH3 is 1. The number of carboxylic acid groups (broad SMARTS) is 1. The number of nitrogens with zero attached hydrogens (tertiary/aromatic N) is 1. The molecule has 1 aliphatic heterocycles. The topological polar surface area (TPSA) is 118 Å². The molecule has 0 bridgehead atoms. The lowest BCUT2D eigenvalue weighted by Crippen LogP contribution is -2.50. The zero-order valence-corrected chi connectivity index (χ0v) is 17.2. The molecule has 1 spiro atoms. The lowest BCUT2D eigenvalue weighted by atomic mass is 9.73. The maximum absolute atomic E-state index is 13.7. The number of carbonyl (C=O) groups excluding carboxylic acids is 2. The molecule has 1 aromatic heterocycles. The fourth-order valence-corrected chi connectivity index (χ4v) is 4.68. The van der Waals surface area contributed by atoms with Crippen LogP contribution in [-0.2, 0) is 19.9 Å². The van der Waals surface area contributed by atoms with Gasteiger partial charge in [-0.05, 0) is 54.8 Å². The van der Waals surface area contributed by atoms with E-state index in [2.05, 4.69) is 5.32 Å². The molecule has 1 aliphatic carbocycles. The van der Waals surface area contributed by atoms with Gasteiger partial charge in [0.15, 0.2) is 11.5 Å². The minimum atomic E-state index is -1.23. The first-order valence-electron chi connectivity index (χ1n) is 10.2. The van der Waals surface area contributed by atoms with Gasteiger partial charge in [0, 0.05) is 5.69 Å². The van der Waals surface area contributed by atoms with E-state index in [1.165, 1.54) is 0 Å². The summed E-state index contributed by atoms with van der Waals surface area (Å²) in [5, 5.41) is 22.0. The molecule has 1 amide bonds. The van der Waals surface area contributed by atoms with Crippen LogP contribution in [0.25, 0.3) is 17.0 Å². The van der Waals surface area contributed by atoms with Crippen LogP contribution in [0, 0.1) is 0 Å². The van der Waals surface area contributed by atoms with Crippen molar-refractivity contribution in [2.45, 2.75) is 37.6 Å². The predicted octanol–water partition coefficient (Wildman–Crippen LogP) is 2.88. The number of aromatic nitrogens is 1. The van der Waals surface area contributed by atoms with Gasteiger partial charge in [-0.3, -0.25) is 14.4 Å². The van der Waals surface area contributed by atoms with Gasteiger partial charge in [0.1, 0.15) is 23.4 Å². The van der Waals surface area contributed by atoms with E-state index in [1.807, 2.05) is 34.9 Å². The molecule has 3 N–H and O–H groups in total. The highest BCUT2D eigenvalue weighted by atomic mass is 16.5. The van der Waals surface area contributed by atoms with Crippen molar-refractivity contribution >= 4 is 23.4 Å². The smallest absolute Gasteiger partial charge is 0.322 e. The zero-order valence-electron chi connectivity index (χ0n) is 17.2. The Bertz CT molecular complexity index is 1070. The number of ether oxygens (including phenoxy) is 1. The number of carbonyl (C=O) groups is 3. The van der Waals surface area contributed by atoms with E-state index < -0.39 is 35.5 Å². The van der Waals surface area contributed by atoms with Crippen molar-refractivity contribution in [3.63, 3.8) is 0 Å². The molecule has 1 aromatic carbocycles. The summed E-state index contributed by atoms with van der Waals surface area (Å²) in [6, 6.07) is 11.0. The third kappa shape index (κ3) is 3.37. The summed E-state index contributed by atoms with van der Waals surface area (Å²) in [6.07, 6.45) is 3.70. The van der Waals surface area contributed by atoms with Gasteiger partial charge in [0.25, 0.3) is 5.91 Å². The number of rotatable bonds is 5. The van der Waals surface area contributed by atoms with Crippen LogP contribution in [0.4, 0.5) is 0 Å². The molecule has 31 heavy (non-hydrogen) atoms. The Morgan fingerprint density at radius 1 is 1.06 bits per heavy atom. The molecule has 0 atom stereocenters. The molecule has 0 unspecified atom stereocenters. The van der Waals surface area contributed by atoms with Gasteiger partial charge >= 0.3 is 5.97 Å². The maximum Gasteiger partial charge on any atom is 0.322 e. The average Bonchev–Trinajstić information content (AvgIpc) is 3.23. The standard InChI is InChI=1S/C23H24N2O6/c1-31-15-7-5-14(6-8-15)16-9-10-17-20(28)19(22(30)24-13-18(26)27)21(29)23(25(16)17)11-3-2-4-12-23/h5-10,28H,2-4,11-13H2,1H3,(H,24,30)(H,26,27). The monoisotopic (exact) mass is 424 g/mol. The molecular formula is C23H24N2O6. The second-order valence-electron chi connectivity index (χ2n) is 7.89. The predicted molar refractivity (Wildman–Crippen MR) is 113 cm³/mol. The number of carboxylic acids is 1. The van der Waals surface area contributed by atoms with Crippen LogP contribution >= 0.6 is 0 Å². The number of aliphatic hydroxyl groups is 1. The molecule has 4 rings (SSSR count). The first-order valence-corrected chi connectivity index (χ1v) is 10.2. The number of hydrogen-bond acceptors (Lipinski definition) is 5. The van der Waals surface area contributed by atoms with Crippen molar-refractivity contribution in [3.05, 3.63) is 47.7 Å². The number of nitrogens with one attached hydrogen (secondary N) is 1. The van der Waals surface area contributed by atoms with E-state index in [-0.39, 0.29) is 5.57 Å². The van der Waals surface area contributed by atoms with Gasteiger partial charge in [-0.25, -0.2) is 0 Å². The van der Waals surface area contributed by atoms with Gasteiger partial charge in [-0.1, -0.05) is 19.3 Å². The van der Waals surface area contributed by atoms with Crippen molar-refractivity contribution in [2.24, 2.45) is 0 Å². The summed E-state index contributed by atoms with van der Waals surface area (Å²) in [7, 11) is 1.59. The molecular weight excluding hydrogens is 400 g/mol. The Balaban J connectivity index is 1.87. The van der Waals surface area contributed by atoms with Crippen molar-refractivity contribution in [1.29, 1.82) is 0 Å². The number of hydrogen-bond donors (Lipinski definition) is 3. The minimum absolute atomic E-state index is 0.366. The van der Waals surface area contributed by atoms with E-state index in [1.54, 1.807) is 13.2 Å². The number of benzene rings is 1. The van der Waals surface area contributed by atoms with E-state index in [0.717, 1.165) is 30.5 Å². The second-order valence-corrected chi connectivity index (χ2v) is 7.89. The highest BCUT2D eigenvalue weighted by Crippen LogP contribution is 2.46. The van der Waals surface area contributed by atoms with Gasteiger partial charge in [-0.15, -0.1) is 0 Å². The molecule has 1 saturated carbocycles. The number of ketones is 1. The number of fused-ring (bicyclic) bond motifs is 2. The molecule has 0 radical (unpaired) electrons. The van der Waals surface area contributed by atoms with Crippen molar-refractivity contribution in [1.82, 2.24) is 9.88 Å². The van der Waals surface area contributed by atoms with Crippen LogP contribution in [-0.4, -0.2) is 46.1 Å². The van der Waals surface area contributed by atoms with Crippen molar-refractivity contribution in [2.75, 3.05) is 13.7 Å². The third-order valence-electron chi connectivity index (χ3n) is 6.13. The molecule has 2 aliphatic rings. The summed E-state index contributed by atoms with van der Waals surface area (Å²) in [4.78, 5) is 37.2. The Morgan fingerprint density at radius 3 is 2.32 bits per heavy atom. The van der Waals surface area contributed by atoms with Gasteiger partial charge in [-0.2, -0.15) is 0 Å². The van der Waals surface area contributed by atoms with Crippen LogP contribution in [0.15, 0.2) is 42.0 Å². The maximum atomic E-state index is 13.7. The molecule has 2 aromatic rings. The quantitative estimate of drug-likeness (QED) is 0.636. The summed E-state index contributed by atoms with van der Waals surface area (Å²) < 4.78 is 7.09. The zero-order chi connectivity index (χ0) is 22.2. The summed E-state index contributed by atoms with van der Waals surface area (Å²) in [5.74, 6) is -2.28. The van der Waals surface area contributed by atoms with Crippen molar-refractivity contribution in [3.8, 4) is 17.0 Å². The van der Waals surface area contributed by atoms with E-state index in [9.17, 15) is 19.5 Å². The first kappa shape index (κ1) is 20.7. The third-order valence-corrected chi connectivity index (χ3v) is 6.13. The van der Waals surface area contributed by atoms with Crippen LogP contribution < -0.4 is 10.1 Å². The lowest BCUT2D eigenvalue weighted by molar-refractivity contribution is -0.138. The summed E-state index contributed by atoms with van der Waals surface area (Å²) >= 11 is 0. The number of aliphatic hydroxyl groups excluding tert-OH is 1. The Morgan fingerprint density at radius 2 is 1.71 bits per heavy atom. The van der Waals surface area contributed by atoms with Gasteiger partial charge in [0.05, 0.1) is 12.8 Å². The number of aliphatic carboxylic acids is 1. The molecule has 8 heteroatoms. The van der Waals surface area contributed by atoms with Crippen LogP contribution in [0.5, 0.6) is 5.75 Å². The lowest BCUT2D eigenvalue weighted by Gasteiger charge is -2.42. The molecule has 0 saturated heterocycles.